The van der Waals surface area contributed by atoms with Crippen molar-refractivity contribution in [3.8, 4) is 5.75 Å². The third kappa shape index (κ3) is 3.00. The number of rotatable bonds is 4. The lowest BCUT2D eigenvalue weighted by Crippen LogP contribution is -2.02. The van der Waals surface area contributed by atoms with Crippen LogP contribution in [0.3, 0.4) is 0 Å². The molecule has 0 spiro atoms. The van der Waals surface area contributed by atoms with Crippen molar-refractivity contribution in [1.29, 1.82) is 0 Å². The Labute approximate surface area is 115 Å². The summed E-state index contributed by atoms with van der Waals surface area (Å²) in [6.07, 6.45) is 1.65. The fourth-order valence-electron chi connectivity index (χ4n) is 1.63. The van der Waals surface area contributed by atoms with Gasteiger partial charge in [0.1, 0.15) is 12.4 Å². The highest BCUT2D eigenvalue weighted by atomic mass is 35.5. The highest BCUT2D eigenvalue weighted by molar-refractivity contribution is 6.31. The Hall–Kier alpha value is -2.14. The first kappa shape index (κ1) is 13.3. The van der Waals surface area contributed by atoms with Gasteiger partial charge < -0.3 is 4.74 Å². The predicted octanol–water partition coefficient (Wildman–Crippen LogP) is 3.53. The van der Waals surface area contributed by atoms with E-state index >= 15 is 0 Å². The van der Waals surface area contributed by atoms with Crippen molar-refractivity contribution in [2.45, 2.75) is 13.5 Å². The quantitative estimate of drug-likeness (QED) is 0.634. The van der Waals surface area contributed by atoms with Gasteiger partial charge in [0.25, 0.3) is 5.69 Å². The van der Waals surface area contributed by atoms with Crippen molar-refractivity contribution in [1.82, 2.24) is 4.98 Å². The van der Waals surface area contributed by atoms with Crippen LogP contribution >= 0.6 is 11.6 Å². The predicted molar refractivity (Wildman–Crippen MR) is 71.4 cm³/mol. The average Bonchev–Trinajstić information content (AvgIpc) is 2.38. The second kappa shape index (κ2) is 5.67. The average molecular weight is 279 g/mol. The number of halogens is 1. The molecule has 1 aromatic heterocycles. The van der Waals surface area contributed by atoms with Crippen LogP contribution in [0, 0.1) is 17.0 Å². The first-order valence-electron chi connectivity index (χ1n) is 5.56. The van der Waals surface area contributed by atoms with Gasteiger partial charge >= 0.3 is 0 Å². The molecule has 0 atom stereocenters. The van der Waals surface area contributed by atoms with Crippen molar-refractivity contribution in [3.63, 3.8) is 0 Å². The van der Waals surface area contributed by atoms with Crippen LogP contribution in [0.4, 0.5) is 5.69 Å². The van der Waals surface area contributed by atoms with Gasteiger partial charge in [-0.15, -0.1) is 0 Å². The lowest BCUT2D eigenvalue weighted by Gasteiger charge is -2.09. The van der Waals surface area contributed by atoms with E-state index in [1.54, 1.807) is 37.4 Å². The van der Waals surface area contributed by atoms with E-state index in [2.05, 4.69) is 4.98 Å². The SMILES string of the molecule is Cc1ncccc1OCc1c(Cl)cccc1[N+](=O)[O-]. The van der Waals surface area contributed by atoms with Gasteiger partial charge in [0.15, 0.2) is 0 Å². The first-order chi connectivity index (χ1) is 9.09. The number of nitro groups is 1. The molecule has 1 heterocycles. The van der Waals surface area contributed by atoms with Gasteiger partial charge in [-0.3, -0.25) is 15.1 Å². The third-order valence-corrected chi connectivity index (χ3v) is 2.98. The fourth-order valence-corrected chi connectivity index (χ4v) is 1.86. The number of hydrogen-bond acceptors (Lipinski definition) is 4. The van der Waals surface area contributed by atoms with Crippen molar-refractivity contribution >= 4 is 17.3 Å². The molecule has 6 heteroatoms. The molecule has 0 amide bonds. The Morgan fingerprint density at radius 3 is 2.84 bits per heavy atom. The Balaban J connectivity index is 2.25. The zero-order chi connectivity index (χ0) is 13.8. The van der Waals surface area contributed by atoms with Crippen molar-refractivity contribution in [3.05, 3.63) is 62.9 Å². The van der Waals surface area contributed by atoms with Crippen molar-refractivity contribution in [2.24, 2.45) is 0 Å². The van der Waals surface area contributed by atoms with Gasteiger partial charge in [0.2, 0.25) is 0 Å². The number of nitrogens with zero attached hydrogens (tertiary/aromatic N) is 2. The minimum atomic E-state index is -0.472. The Bertz CT molecular complexity index is 617. The summed E-state index contributed by atoms with van der Waals surface area (Å²) in [5.74, 6) is 0.580. The Morgan fingerprint density at radius 2 is 2.16 bits per heavy atom. The molecule has 0 aliphatic heterocycles. The number of aryl methyl sites for hydroxylation is 1. The van der Waals surface area contributed by atoms with Crippen LogP contribution in [-0.2, 0) is 6.61 Å². The molecule has 0 unspecified atom stereocenters. The summed E-state index contributed by atoms with van der Waals surface area (Å²) in [5, 5.41) is 11.2. The molecular weight excluding hydrogens is 268 g/mol. The molecule has 0 fully saturated rings. The zero-order valence-electron chi connectivity index (χ0n) is 10.2. The number of nitro benzene ring substituents is 1. The molecule has 0 radical (unpaired) electrons. The van der Waals surface area contributed by atoms with E-state index in [1.807, 2.05) is 0 Å². The van der Waals surface area contributed by atoms with Gasteiger partial charge in [-0.25, -0.2) is 0 Å². The monoisotopic (exact) mass is 278 g/mol. The molecule has 1 aromatic carbocycles. The Kier molecular flexibility index (Phi) is 3.97. The van der Waals surface area contributed by atoms with E-state index in [0.29, 0.717) is 16.3 Å². The molecule has 19 heavy (non-hydrogen) atoms. The van der Waals surface area contributed by atoms with Crippen LogP contribution in [0.15, 0.2) is 36.5 Å². The molecular formula is C13H11ClN2O3. The maximum absolute atomic E-state index is 10.9. The largest absolute Gasteiger partial charge is 0.487 e. The summed E-state index contributed by atoms with van der Waals surface area (Å²) < 4.78 is 5.54. The molecule has 0 aliphatic carbocycles. The van der Waals surface area contributed by atoms with Gasteiger partial charge in [-0.05, 0) is 25.1 Å². The summed E-state index contributed by atoms with van der Waals surface area (Å²) >= 11 is 5.98. The molecule has 98 valence electrons. The van der Waals surface area contributed by atoms with Gasteiger partial charge in [0, 0.05) is 12.3 Å². The summed E-state index contributed by atoms with van der Waals surface area (Å²) in [5.41, 5.74) is 1.03. The summed E-state index contributed by atoms with van der Waals surface area (Å²) in [6.45, 7) is 1.83. The summed E-state index contributed by atoms with van der Waals surface area (Å²) in [4.78, 5) is 14.5. The topological polar surface area (TPSA) is 65.3 Å². The normalized spacial score (nSPS) is 10.2. The molecule has 0 aliphatic rings. The van der Waals surface area contributed by atoms with E-state index in [-0.39, 0.29) is 12.3 Å². The number of ether oxygens (including phenoxy) is 1. The summed E-state index contributed by atoms with van der Waals surface area (Å²) in [6, 6.07) is 8.04. The molecule has 0 saturated carbocycles. The lowest BCUT2D eigenvalue weighted by molar-refractivity contribution is -0.385. The standard InChI is InChI=1S/C13H11ClN2O3/c1-9-13(6-3-7-15-9)19-8-10-11(14)4-2-5-12(10)16(17)18/h2-7H,8H2,1H3. The maximum atomic E-state index is 10.9. The van der Waals surface area contributed by atoms with Crippen LogP contribution in [0.5, 0.6) is 5.75 Å². The van der Waals surface area contributed by atoms with Crippen LogP contribution in [0.25, 0.3) is 0 Å². The smallest absolute Gasteiger partial charge is 0.277 e. The molecule has 0 saturated heterocycles. The number of benzene rings is 1. The van der Waals surface area contributed by atoms with Gasteiger partial charge in [0.05, 0.1) is 21.2 Å². The van der Waals surface area contributed by atoms with E-state index in [9.17, 15) is 10.1 Å². The number of aromatic nitrogens is 1. The number of pyridine rings is 1. The van der Waals surface area contributed by atoms with E-state index in [0.717, 1.165) is 5.69 Å². The van der Waals surface area contributed by atoms with Crippen LogP contribution in [0.2, 0.25) is 5.02 Å². The van der Waals surface area contributed by atoms with Crippen molar-refractivity contribution in [2.75, 3.05) is 0 Å². The highest BCUT2D eigenvalue weighted by Gasteiger charge is 2.17. The van der Waals surface area contributed by atoms with E-state index < -0.39 is 4.92 Å². The molecule has 2 rings (SSSR count). The van der Waals surface area contributed by atoms with E-state index in [4.69, 9.17) is 16.3 Å². The molecule has 5 nitrogen and oxygen atoms in total. The third-order valence-electron chi connectivity index (χ3n) is 2.62. The second-order valence-electron chi connectivity index (χ2n) is 3.87. The van der Waals surface area contributed by atoms with Gasteiger partial charge in [-0.2, -0.15) is 0 Å². The van der Waals surface area contributed by atoms with Crippen LogP contribution < -0.4 is 4.74 Å². The first-order valence-corrected chi connectivity index (χ1v) is 5.93. The minimum absolute atomic E-state index is 0.0303. The lowest BCUT2D eigenvalue weighted by atomic mass is 10.2. The second-order valence-corrected chi connectivity index (χ2v) is 4.28. The summed E-state index contributed by atoms with van der Waals surface area (Å²) in [7, 11) is 0. The number of hydrogen-bond donors (Lipinski definition) is 0. The van der Waals surface area contributed by atoms with E-state index in [1.165, 1.54) is 6.07 Å². The molecule has 2 aromatic rings. The van der Waals surface area contributed by atoms with Crippen molar-refractivity contribution < 1.29 is 9.66 Å². The zero-order valence-corrected chi connectivity index (χ0v) is 10.9. The molecule has 0 bridgehead atoms. The molecule has 0 N–H and O–H groups in total. The van der Waals surface area contributed by atoms with Crippen LogP contribution in [-0.4, -0.2) is 9.91 Å². The maximum Gasteiger partial charge on any atom is 0.277 e. The minimum Gasteiger partial charge on any atom is -0.487 e. The highest BCUT2D eigenvalue weighted by Crippen LogP contribution is 2.28. The Morgan fingerprint density at radius 1 is 1.37 bits per heavy atom. The van der Waals surface area contributed by atoms with Crippen LogP contribution in [0.1, 0.15) is 11.3 Å². The van der Waals surface area contributed by atoms with Gasteiger partial charge in [-0.1, -0.05) is 17.7 Å². The fraction of sp³-hybridized carbons (Fsp3) is 0.154.